The summed E-state index contributed by atoms with van der Waals surface area (Å²) in [6.45, 7) is 6.71. The van der Waals surface area contributed by atoms with E-state index in [-0.39, 0.29) is 11.6 Å². The number of nitrogens with two attached hydrogens (primary N) is 1. The second kappa shape index (κ2) is 6.46. The zero-order valence-electron chi connectivity index (χ0n) is 13.3. The third-order valence-corrected chi connectivity index (χ3v) is 3.90. The van der Waals surface area contributed by atoms with E-state index < -0.39 is 0 Å². The lowest BCUT2D eigenvalue weighted by Gasteiger charge is -2.24. The van der Waals surface area contributed by atoms with Crippen LogP contribution in [-0.2, 0) is 4.74 Å². The van der Waals surface area contributed by atoms with Crippen molar-refractivity contribution in [3.63, 3.8) is 0 Å². The molecule has 0 amide bonds. The van der Waals surface area contributed by atoms with Crippen molar-refractivity contribution < 1.29 is 9.47 Å². The fourth-order valence-electron chi connectivity index (χ4n) is 2.28. The highest BCUT2D eigenvalue weighted by Gasteiger charge is 2.18. The van der Waals surface area contributed by atoms with Crippen LogP contribution in [0.15, 0.2) is 36.4 Å². The minimum absolute atomic E-state index is 0.0555. The predicted molar refractivity (Wildman–Crippen MR) is 87.8 cm³/mol. The van der Waals surface area contributed by atoms with Gasteiger partial charge in [-0.1, -0.05) is 36.4 Å². The van der Waals surface area contributed by atoms with Crippen LogP contribution >= 0.6 is 0 Å². The number of rotatable bonds is 6. The van der Waals surface area contributed by atoms with Gasteiger partial charge in [0, 0.05) is 30.5 Å². The van der Waals surface area contributed by atoms with Crippen LogP contribution in [0.2, 0.25) is 0 Å². The SMILES string of the molecule is COC(C)(C)CCOc1c(C(C)N)ccc2ccccc12. The van der Waals surface area contributed by atoms with Crippen LogP contribution in [0.1, 0.15) is 38.8 Å². The van der Waals surface area contributed by atoms with E-state index >= 15 is 0 Å². The Labute approximate surface area is 127 Å². The summed E-state index contributed by atoms with van der Waals surface area (Å²) in [5, 5.41) is 2.28. The first-order valence-corrected chi connectivity index (χ1v) is 7.40. The smallest absolute Gasteiger partial charge is 0.131 e. The molecule has 0 aromatic heterocycles. The summed E-state index contributed by atoms with van der Waals surface area (Å²) < 4.78 is 11.5. The highest BCUT2D eigenvalue weighted by Crippen LogP contribution is 2.33. The maximum atomic E-state index is 6.09. The molecule has 2 N–H and O–H groups in total. The first-order valence-electron chi connectivity index (χ1n) is 7.40. The fraction of sp³-hybridized carbons (Fsp3) is 0.444. The van der Waals surface area contributed by atoms with Crippen molar-refractivity contribution in [1.82, 2.24) is 0 Å². The number of hydrogen-bond donors (Lipinski definition) is 1. The normalized spacial score (nSPS) is 13.4. The molecule has 2 aromatic rings. The van der Waals surface area contributed by atoms with Gasteiger partial charge in [-0.25, -0.2) is 0 Å². The van der Waals surface area contributed by atoms with Crippen molar-refractivity contribution in [2.75, 3.05) is 13.7 Å². The average Bonchev–Trinajstić information content (AvgIpc) is 2.47. The second-order valence-corrected chi connectivity index (χ2v) is 6.06. The van der Waals surface area contributed by atoms with Crippen molar-refractivity contribution in [2.45, 2.75) is 38.8 Å². The van der Waals surface area contributed by atoms with Crippen LogP contribution in [0.5, 0.6) is 5.75 Å². The maximum Gasteiger partial charge on any atom is 0.131 e. The molecule has 3 nitrogen and oxygen atoms in total. The minimum atomic E-state index is -0.181. The van der Waals surface area contributed by atoms with Gasteiger partial charge >= 0.3 is 0 Å². The van der Waals surface area contributed by atoms with Crippen molar-refractivity contribution >= 4 is 10.8 Å². The van der Waals surface area contributed by atoms with E-state index in [9.17, 15) is 0 Å². The van der Waals surface area contributed by atoms with E-state index in [0.717, 1.165) is 23.1 Å². The lowest BCUT2D eigenvalue weighted by Crippen LogP contribution is -2.25. The van der Waals surface area contributed by atoms with E-state index in [1.54, 1.807) is 7.11 Å². The summed E-state index contributed by atoms with van der Waals surface area (Å²) in [4.78, 5) is 0. The Hall–Kier alpha value is -1.58. The van der Waals surface area contributed by atoms with Crippen LogP contribution < -0.4 is 10.5 Å². The Kier molecular flexibility index (Phi) is 4.86. The summed E-state index contributed by atoms with van der Waals surface area (Å²) >= 11 is 0. The topological polar surface area (TPSA) is 44.5 Å². The second-order valence-electron chi connectivity index (χ2n) is 6.06. The Morgan fingerprint density at radius 2 is 1.86 bits per heavy atom. The lowest BCUT2D eigenvalue weighted by atomic mass is 10.0. The van der Waals surface area contributed by atoms with Gasteiger partial charge in [0.05, 0.1) is 12.2 Å². The third kappa shape index (κ3) is 3.74. The molecule has 1 atom stereocenters. The molecule has 114 valence electrons. The van der Waals surface area contributed by atoms with Gasteiger partial charge in [-0.3, -0.25) is 0 Å². The minimum Gasteiger partial charge on any atom is -0.492 e. The molecule has 0 spiro atoms. The van der Waals surface area contributed by atoms with E-state index in [1.165, 1.54) is 5.39 Å². The molecular formula is C18H25NO2. The molecule has 0 bridgehead atoms. The summed E-state index contributed by atoms with van der Waals surface area (Å²) in [5.74, 6) is 0.898. The van der Waals surface area contributed by atoms with Gasteiger partial charge in [-0.2, -0.15) is 0 Å². The summed E-state index contributed by atoms with van der Waals surface area (Å²) in [5.41, 5.74) is 6.95. The van der Waals surface area contributed by atoms with Crippen molar-refractivity contribution in [3.8, 4) is 5.75 Å². The third-order valence-electron chi connectivity index (χ3n) is 3.90. The quantitative estimate of drug-likeness (QED) is 0.871. The summed E-state index contributed by atoms with van der Waals surface area (Å²) in [6.07, 6.45) is 0.825. The lowest BCUT2D eigenvalue weighted by molar-refractivity contribution is 0.00549. The molecule has 0 radical (unpaired) electrons. The van der Waals surface area contributed by atoms with Crippen LogP contribution in [0.3, 0.4) is 0 Å². The number of ether oxygens (including phenoxy) is 2. The van der Waals surface area contributed by atoms with Gasteiger partial charge in [0.2, 0.25) is 0 Å². The molecule has 1 unspecified atom stereocenters. The zero-order chi connectivity index (χ0) is 15.5. The Balaban J connectivity index is 2.29. The Bertz CT molecular complexity index is 605. The fourth-order valence-corrected chi connectivity index (χ4v) is 2.28. The molecule has 0 heterocycles. The highest BCUT2D eigenvalue weighted by molar-refractivity contribution is 5.89. The Morgan fingerprint density at radius 3 is 2.52 bits per heavy atom. The highest BCUT2D eigenvalue weighted by atomic mass is 16.5. The molecule has 0 fully saturated rings. The maximum absolute atomic E-state index is 6.09. The van der Waals surface area contributed by atoms with E-state index in [4.69, 9.17) is 15.2 Å². The molecule has 21 heavy (non-hydrogen) atoms. The number of fused-ring (bicyclic) bond motifs is 1. The molecule has 0 saturated carbocycles. The molecule has 0 saturated heterocycles. The number of benzene rings is 2. The first kappa shape index (κ1) is 15.8. The van der Waals surface area contributed by atoms with E-state index in [0.29, 0.717) is 6.61 Å². The van der Waals surface area contributed by atoms with Crippen molar-refractivity contribution in [1.29, 1.82) is 0 Å². The molecule has 0 aliphatic rings. The van der Waals surface area contributed by atoms with Gasteiger partial charge in [-0.05, 0) is 26.2 Å². The monoisotopic (exact) mass is 287 g/mol. The largest absolute Gasteiger partial charge is 0.492 e. The first-order chi connectivity index (χ1) is 9.94. The van der Waals surface area contributed by atoms with Gasteiger partial charge in [0.15, 0.2) is 0 Å². The zero-order valence-corrected chi connectivity index (χ0v) is 13.3. The Morgan fingerprint density at radius 1 is 1.14 bits per heavy atom. The summed E-state index contributed by atoms with van der Waals surface area (Å²) in [6, 6.07) is 12.3. The van der Waals surface area contributed by atoms with Crippen LogP contribution in [-0.4, -0.2) is 19.3 Å². The molecule has 0 aliphatic carbocycles. The van der Waals surface area contributed by atoms with Crippen LogP contribution in [0.4, 0.5) is 0 Å². The van der Waals surface area contributed by atoms with Crippen molar-refractivity contribution in [3.05, 3.63) is 42.0 Å². The molecule has 0 aliphatic heterocycles. The average molecular weight is 287 g/mol. The van der Waals surface area contributed by atoms with Gasteiger partial charge in [0.1, 0.15) is 5.75 Å². The van der Waals surface area contributed by atoms with Crippen LogP contribution in [0, 0.1) is 0 Å². The van der Waals surface area contributed by atoms with Crippen molar-refractivity contribution in [2.24, 2.45) is 5.73 Å². The van der Waals surface area contributed by atoms with Crippen LogP contribution in [0.25, 0.3) is 10.8 Å². The summed E-state index contributed by atoms with van der Waals surface area (Å²) in [7, 11) is 1.73. The predicted octanol–water partition coefficient (Wildman–Crippen LogP) is 4.05. The number of methoxy groups -OCH3 is 1. The van der Waals surface area contributed by atoms with Gasteiger partial charge in [0.25, 0.3) is 0 Å². The molecule has 3 heteroatoms. The molecular weight excluding hydrogens is 262 g/mol. The van der Waals surface area contributed by atoms with Gasteiger partial charge in [-0.15, -0.1) is 0 Å². The molecule has 2 aromatic carbocycles. The molecule has 2 rings (SSSR count). The standard InChI is InChI=1S/C18H25NO2/c1-13(19)15-10-9-14-7-5-6-8-16(14)17(15)21-12-11-18(2,3)20-4/h5-10,13H,11-12,19H2,1-4H3. The van der Waals surface area contributed by atoms with E-state index in [2.05, 4.69) is 38.1 Å². The number of hydrogen-bond acceptors (Lipinski definition) is 3. The van der Waals surface area contributed by atoms with E-state index in [1.807, 2.05) is 19.1 Å². The van der Waals surface area contributed by atoms with Gasteiger partial charge < -0.3 is 15.2 Å².